The molecule has 0 aliphatic carbocycles. The normalized spacial score (nSPS) is 25.2. The fourth-order valence-corrected chi connectivity index (χ4v) is 3.61. The first-order chi connectivity index (χ1) is 12.7. The molecule has 8 heteroatoms. The molecule has 1 aromatic rings. The van der Waals surface area contributed by atoms with Crippen LogP contribution in [-0.2, 0) is 4.74 Å². The molecule has 2 aliphatic rings. The highest BCUT2D eigenvalue weighted by Crippen LogP contribution is 2.36. The van der Waals surface area contributed by atoms with Crippen LogP contribution in [0.25, 0.3) is 0 Å². The lowest BCUT2D eigenvalue weighted by Crippen LogP contribution is -2.40. The number of aliphatic hydroxyl groups excluding tert-OH is 1. The number of anilines is 1. The third-order valence-electron chi connectivity index (χ3n) is 5.35. The Morgan fingerprint density at radius 3 is 2.74 bits per heavy atom. The number of aliphatic hydroxyl groups is 1. The fourth-order valence-electron chi connectivity index (χ4n) is 3.45. The molecule has 27 heavy (non-hydrogen) atoms. The summed E-state index contributed by atoms with van der Waals surface area (Å²) < 4.78 is 43.9. The van der Waals surface area contributed by atoms with Gasteiger partial charge in [-0.1, -0.05) is 30.4 Å². The minimum absolute atomic E-state index is 0.0567. The third-order valence-corrected chi connectivity index (χ3v) is 5.55. The van der Waals surface area contributed by atoms with Crippen LogP contribution in [0.3, 0.4) is 0 Å². The van der Waals surface area contributed by atoms with Crippen LogP contribution in [0.5, 0.6) is 0 Å². The summed E-state index contributed by atoms with van der Waals surface area (Å²) in [6.45, 7) is 3.65. The van der Waals surface area contributed by atoms with Crippen molar-refractivity contribution < 1.29 is 23.0 Å². The molecule has 2 aliphatic heterocycles. The van der Waals surface area contributed by atoms with Crippen molar-refractivity contribution in [2.75, 3.05) is 31.2 Å². The number of pyridine rings is 1. The number of hydrogen-bond acceptors (Lipinski definition) is 4. The SMILES string of the molecule is CC1(CO)CCN(c2cc(Cl)ncc2C#CC2CCO[C@H]2C(F)(F)F)CC1. The Hall–Kier alpha value is -1.49. The van der Waals surface area contributed by atoms with Crippen LogP contribution in [0.4, 0.5) is 18.9 Å². The van der Waals surface area contributed by atoms with Crippen molar-refractivity contribution in [3.05, 3.63) is 23.0 Å². The predicted molar refractivity (Wildman–Crippen MR) is 96.7 cm³/mol. The van der Waals surface area contributed by atoms with Crippen molar-refractivity contribution in [2.24, 2.45) is 11.3 Å². The molecule has 3 rings (SSSR count). The Bertz CT molecular complexity index is 737. The Balaban J connectivity index is 1.82. The summed E-state index contributed by atoms with van der Waals surface area (Å²) in [5, 5.41) is 9.83. The van der Waals surface area contributed by atoms with Crippen LogP contribution in [0.2, 0.25) is 5.15 Å². The van der Waals surface area contributed by atoms with Crippen molar-refractivity contribution in [3.63, 3.8) is 0 Å². The summed E-state index contributed by atoms with van der Waals surface area (Å²) in [5.74, 6) is 4.73. The highest BCUT2D eigenvalue weighted by atomic mass is 35.5. The zero-order chi connectivity index (χ0) is 19.7. The van der Waals surface area contributed by atoms with E-state index < -0.39 is 18.2 Å². The number of halogens is 4. The van der Waals surface area contributed by atoms with Crippen molar-refractivity contribution in [3.8, 4) is 11.8 Å². The van der Waals surface area contributed by atoms with E-state index in [-0.39, 0.29) is 25.0 Å². The Morgan fingerprint density at radius 2 is 2.11 bits per heavy atom. The second-order valence-corrected chi connectivity index (χ2v) is 7.86. The van der Waals surface area contributed by atoms with Gasteiger partial charge in [-0.15, -0.1) is 0 Å². The number of aromatic nitrogens is 1. The number of nitrogens with zero attached hydrogens (tertiary/aromatic N) is 2. The first kappa shape index (κ1) is 20.2. The van der Waals surface area contributed by atoms with E-state index in [0.29, 0.717) is 23.8 Å². The molecule has 2 atom stereocenters. The van der Waals surface area contributed by atoms with E-state index in [1.54, 1.807) is 6.07 Å². The topological polar surface area (TPSA) is 45.6 Å². The minimum Gasteiger partial charge on any atom is -0.396 e. The first-order valence-electron chi connectivity index (χ1n) is 8.93. The fraction of sp³-hybridized carbons (Fsp3) is 0.632. The summed E-state index contributed by atoms with van der Waals surface area (Å²) in [5.41, 5.74) is 1.21. The average molecular weight is 403 g/mol. The third kappa shape index (κ3) is 4.68. The molecule has 1 aromatic heterocycles. The maximum Gasteiger partial charge on any atom is 0.415 e. The standard InChI is InChI=1S/C19H22ClF3N2O2/c1-18(12-26)5-7-25(8-6-18)15-10-16(20)24-11-14(15)3-2-13-4-9-27-17(13)19(21,22)23/h10-11,13,17,26H,4-9,12H2,1H3/t13?,17-/m1/s1. The summed E-state index contributed by atoms with van der Waals surface area (Å²) in [6.07, 6.45) is -2.88. The molecule has 0 spiro atoms. The molecule has 1 N–H and O–H groups in total. The zero-order valence-electron chi connectivity index (χ0n) is 15.0. The summed E-state index contributed by atoms with van der Waals surface area (Å²) >= 11 is 6.03. The van der Waals surface area contributed by atoms with Crippen LogP contribution in [0, 0.1) is 23.2 Å². The van der Waals surface area contributed by atoms with Crippen molar-refractivity contribution in [1.29, 1.82) is 0 Å². The van der Waals surface area contributed by atoms with Gasteiger partial charge in [0.25, 0.3) is 0 Å². The van der Waals surface area contributed by atoms with E-state index in [4.69, 9.17) is 16.3 Å². The monoisotopic (exact) mass is 402 g/mol. The smallest absolute Gasteiger partial charge is 0.396 e. The number of ether oxygens (including phenoxy) is 1. The molecule has 4 nitrogen and oxygen atoms in total. The van der Waals surface area contributed by atoms with Crippen LogP contribution in [0.1, 0.15) is 31.7 Å². The van der Waals surface area contributed by atoms with E-state index in [1.165, 1.54) is 6.20 Å². The summed E-state index contributed by atoms with van der Waals surface area (Å²) in [6, 6.07) is 1.69. The van der Waals surface area contributed by atoms with Gasteiger partial charge in [-0.25, -0.2) is 4.98 Å². The van der Waals surface area contributed by atoms with Crippen molar-refractivity contribution in [1.82, 2.24) is 4.98 Å². The van der Waals surface area contributed by atoms with Gasteiger partial charge < -0.3 is 14.7 Å². The molecule has 0 saturated carbocycles. The molecular weight excluding hydrogens is 381 g/mol. The lowest BCUT2D eigenvalue weighted by molar-refractivity contribution is -0.212. The van der Waals surface area contributed by atoms with Gasteiger partial charge in [0.1, 0.15) is 5.15 Å². The van der Waals surface area contributed by atoms with E-state index >= 15 is 0 Å². The molecule has 0 amide bonds. The highest BCUT2D eigenvalue weighted by molar-refractivity contribution is 6.29. The summed E-state index contributed by atoms with van der Waals surface area (Å²) in [4.78, 5) is 6.13. The first-order valence-corrected chi connectivity index (χ1v) is 9.31. The maximum absolute atomic E-state index is 13.0. The molecule has 0 bridgehead atoms. The maximum atomic E-state index is 13.0. The molecule has 148 valence electrons. The van der Waals surface area contributed by atoms with Gasteiger partial charge in [-0.05, 0) is 24.7 Å². The van der Waals surface area contributed by atoms with E-state index in [0.717, 1.165) is 18.5 Å². The second kappa shape index (κ2) is 7.86. The molecule has 2 saturated heterocycles. The average Bonchev–Trinajstić information content (AvgIpc) is 3.10. The lowest BCUT2D eigenvalue weighted by atomic mass is 9.81. The van der Waals surface area contributed by atoms with Gasteiger partial charge in [-0.3, -0.25) is 0 Å². The quantitative estimate of drug-likeness (QED) is 0.606. The number of rotatable bonds is 2. The van der Waals surface area contributed by atoms with Gasteiger partial charge in [0, 0.05) is 38.6 Å². The van der Waals surface area contributed by atoms with Crippen LogP contribution in [-0.4, -0.2) is 48.7 Å². The van der Waals surface area contributed by atoms with E-state index in [9.17, 15) is 18.3 Å². The number of alkyl halides is 3. The van der Waals surface area contributed by atoms with Gasteiger partial charge in [-0.2, -0.15) is 13.2 Å². The Morgan fingerprint density at radius 1 is 1.41 bits per heavy atom. The predicted octanol–water partition coefficient (Wildman–Crippen LogP) is 3.65. The number of hydrogen-bond donors (Lipinski definition) is 1. The number of piperidine rings is 1. The second-order valence-electron chi connectivity index (χ2n) is 7.48. The van der Waals surface area contributed by atoms with Gasteiger partial charge in [0.05, 0.1) is 17.2 Å². The molecule has 0 radical (unpaired) electrons. The zero-order valence-corrected chi connectivity index (χ0v) is 15.8. The van der Waals surface area contributed by atoms with Crippen LogP contribution < -0.4 is 4.90 Å². The van der Waals surface area contributed by atoms with Crippen LogP contribution >= 0.6 is 11.6 Å². The Kier molecular flexibility index (Phi) is 5.90. The molecular formula is C19H22ClF3N2O2. The van der Waals surface area contributed by atoms with Crippen LogP contribution in [0.15, 0.2) is 12.3 Å². The summed E-state index contributed by atoms with van der Waals surface area (Å²) in [7, 11) is 0. The Labute approximate surface area is 161 Å². The minimum atomic E-state index is -4.42. The highest BCUT2D eigenvalue weighted by Gasteiger charge is 2.48. The van der Waals surface area contributed by atoms with Gasteiger partial charge >= 0.3 is 6.18 Å². The van der Waals surface area contributed by atoms with Crippen molar-refractivity contribution in [2.45, 2.75) is 38.5 Å². The molecule has 1 unspecified atom stereocenters. The van der Waals surface area contributed by atoms with E-state index in [2.05, 4.69) is 21.7 Å². The van der Waals surface area contributed by atoms with E-state index in [1.807, 2.05) is 6.92 Å². The van der Waals surface area contributed by atoms with Crippen molar-refractivity contribution >= 4 is 17.3 Å². The molecule has 3 heterocycles. The largest absolute Gasteiger partial charge is 0.415 e. The lowest BCUT2D eigenvalue weighted by Gasteiger charge is -2.39. The molecule has 2 fully saturated rings. The molecule has 0 aromatic carbocycles. The van der Waals surface area contributed by atoms with Gasteiger partial charge in [0.2, 0.25) is 0 Å². The van der Waals surface area contributed by atoms with Gasteiger partial charge in [0.15, 0.2) is 6.10 Å².